The first-order valence-electron chi connectivity index (χ1n) is 3.62. The highest BCUT2D eigenvalue weighted by molar-refractivity contribution is 7.15. The highest BCUT2D eigenvalue weighted by atomic mass is 32.1. The van der Waals surface area contributed by atoms with Crippen molar-refractivity contribution in [3.05, 3.63) is 10.6 Å². The van der Waals surface area contributed by atoms with E-state index < -0.39 is 0 Å². The van der Waals surface area contributed by atoms with Crippen LogP contribution >= 0.6 is 11.3 Å². The van der Waals surface area contributed by atoms with Crippen LogP contribution in [0.4, 0.5) is 5.13 Å². The van der Waals surface area contributed by atoms with Gasteiger partial charge in [-0.25, -0.2) is 4.98 Å². The molecule has 0 unspecified atom stereocenters. The van der Waals surface area contributed by atoms with Gasteiger partial charge in [-0.1, -0.05) is 16.6 Å². The van der Waals surface area contributed by atoms with Crippen molar-refractivity contribution < 1.29 is 0 Å². The van der Waals surface area contributed by atoms with Crippen molar-refractivity contribution in [3.63, 3.8) is 0 Å². The van der Waals surface area contributed by atoms with E-state index in [1.54, 1.807) is 16.5 Å². The number of hydrazine groups is 1. The van der Waals surface area contributed by atoms with Crippen LogP contribution in [0.2, 0.25) is 0 Å². The number of hydrogen-bond acceptors (Lipinski definition) is 6. The van der Waals surface area contributed by atoms with Gasteiger partial charge in [0.1, 0.15) is 6.67 Å². The van der Waals surface area contributed by atoms with Crippen LogP contribution in [0.1, 0.15) is 10.6 Å². The summed E-state index contributed by atoms with van der Waals surface area (Å²) in [6.45, 7) is 4.57. The maximum atomic E-state index is 4.32. The van der Waals surface area contributed by atoms with Gasteiger partial charge in [0, 0.05) is 4.88 Å². The molecule has 6 heteroatoms. The summed E-state index contributed by atoms with van der Waals surface area (Å²) in [7, 11) is 0. The zero-order valence-corrected chi connectivity index (χ0v) is 7.72. The lowest BCUT2D eigenvalue weighted by Gasteiger charge is -2.05. The summed E-state index contributed by atoms with van der Waals surface area (Å²) in [4.78, 5) is 5.54. The molecule has 1 N–H and O–H groups in total. The average molecular weight is 183 g/mol. The zero-order valence-electron chi connectivity index (χ0n) is 6.90. The molecule has 0 aliphatic carbocycles. The Morgan fingerprint density at radius 3 is 2.83 bits per heavy atom. The molecule has 2 heterocycles. The Labute approximate surface area is 74.1 Å². The molecule has 2 rings (SSSR count). The zero-order chi connectivity index (χ0) is 8.55. The molecule has 0 saturated heterocycles. The van der Waals surface area contributed by atoms with E-state index in [1.165, 1.54) is 4.88 Å². The van der Waals surface area contributed by atoms with Gasteiger partial charge in [-0.3, -0.25) is 0 Å². The van der Waals surface area contributed by atoms with Crippen LogP contribution in [0.25, 0.3) is 0 Å². The van der Waals surface area contributed by atoms with Gasteiger partial charge in [-0.05, 0) is 13.8 Å². The molecule has 0 spiro atoms. The molecule has 5 nitrogen and oxygen atoms in total. The molecule has 0 bridgehead atoms. The summed E-state index contributed by atoms with van der Waals surface area (Å²) in [5.74, 6) is 0. The summed E-state index contributed by atoms with van der Waals surface area (Å²) in [5, 5.41) is 10.1. The summed E-state index contributed by atoms with van der Waals surface area (Å²) < 4.78 is 0. The number of nitrogens with one attached hydrogen (secondary N) is 1. The van der Waals surface area contributed by atoms with Crippen molar-refractivity contribution in [1.29, 1.82) is 0 Å². The molecule has 1 aromatic heterocycles. The largest absolute Gasteiger partial charge is 0.224 e. The van der Waals surface area contributed by atoms with Crippen molar-refractivity contribution in [2.45, 2.75) is 13.8 Å². The highest BCUT2D eigenvalue weighted by Crippen LogP contribution is 2.24. The van der Waals surface area contributed by atoms with Gasteiger partial charge < -0.3 is 0 Å². The minimum atomic E-state index is 0.539. The molecule has 0 fully saturated rings. The molecule has 1 aliphatic rings. The molecule has 0 radical (unpaired) electrons. The number of aromatic nitrogens is 1. The summed E-state index contributed by atoms with van der Waals surface area (Å²) in [5.41, 5.74) is 4.02. The summed E-state index contributed by atoms with van der Waals surface area (Å²) in [6, 6.07) is 0. The normalized spacial score (nSPS) is 16.0. The lowest BCUT2D eigenvalue weighted by Crippen LogP contribution is -2.27. The van der Waals surface area contributed by atoms with Crippen LogP contribution in [-0.4, -0.2) is 11.7 Å². The topological polar surface area (TPSA) is 52.9 Å². The number of anilines is 1. The molecule has 12 heavy (non-hydrogen) atoms. The highest BCUT2D eigenvalue weighted by Gasteiger charge is 2.14. The minimum Gasteiger partial charge on any atom is -0.222 e. The fourth-order valence-electron chi connectivity index (χ4n) is 0.877. The van der Waals surface area contributed by atoms with Gasteiger partial charge in [0.05, 0.1) is 5.69 Å². The third-order valence-electron chi connectivity index (χ3n) is 1.64. The van der Waals surface area contributed by atoms with E-state index in [0.717, 1.165) is 10.8 Å². The lowest BCUT2D eigenvalue weighted by molar-refractivity contribution is 0.746. The van der Waals surface area contributed by atoms with Crippen molar-refractivity contribution in [2.24, 2.45) is 10.3 Å². The fourth-order valence-corrected chi connectivity index (χ4v) is 1.71. The van der Waals surface area contributed by atoms with Gasteiger partial charge in [-0.2, -0.15) is 10.5 Å². The first-order chi connectivity index (χ1) is 5.77. The Hall–Kier alpha value is -1.01. The van der Waals surface area contributed by atoms with Gasteiger partial charge in [0.2, 0.25) is 5.13 Å². The van der Waals surface area contributed by atoms with Gasteiger partial charge in [-0.15, -0.1) is 5.12 Å². The Kier molecular flexibility index (Phi) is 1.78. The lowest BCUT2D eigenvalue weighted by atomic mass is 10.4. The first kappa shape index (κ1) is 7.63. The van der Waals surface area contributed by atoms with Gasteiger partial charge in [0.25, 0.3) is 0 Å². The van der Waals surface area contributed by atoms with Gasteiger partial charge in [0.15, 0.2) is 0 Å². The first-order valence-corrected chi connectivity index (χ1v) is 4.44. The molecular formula is C6H9N5S. The van der Waals surface area contributed by atoms with Gasteiger partial charge >= 0.3 is 0 Å². The van der Waals surface area contributed by atoms with E-state index in [9.17, 15) is 0 Å². The van der Waals surface area contributed by atoms with Crippen molar-refractivity contribution in [3.8, 4) is 0 Å². The summed E-state index contributed by atoms with van der Waals surface area (Å²) >= 11 is 1.61. The third-order valence-corrected chi connectivity index (χ3v) is 2.69. The van der Waals surface area contributed by atoms with Crippen molar-refractivity contribution >= 4 is 16.5 Å². The van der Waals surface area contributed by atoms with E-state index in [2.05, 4.69) is 20.7 Å². The fraction of sp³-hybridized carbons (Fsp3) is 0.500. The molecular weight excluding hydrogens is 174 g/mol. The number of rotatable bonds is 1. The second-order valence-electron chi connectivity index (χ2n) is 2.50. The molecule has 1 aliphatic heterocycles. The molecule has 1 aromatic rings. The predicted molar refractivity (Wildman–Crippen MR) is 46.9 cm³/mol. The standard InChI is InChI=1S/C6H9N5S/c1-4-5(2)12-6(9-4)11-8-3-7-10-11/h8H,3H2,1-2H3. The van der Waals surface area contributed by atoms with Crippen molar-refractivity contribution in [1.82, 2.24) is 10.4 Å². The minimum absolute atomic E-state index is 0.539. The Bertz CT molecular complexity index is 298. The SMILES string of the molecule is Cc1nc(N2N=NCN2)sc1C. The summed E-state index contributed by atoms with van der Waals surface area (Å²) in [6.07, 6.45) is 0. The van der Waals surface area contributed by atoms with E-state index in [0.29, 0.717) is 6.67 Å². The Morgan fingerprint density at radius 2 is 2.33 bits per heavy atom. The number of thiazole rings is 1. The average Bonchev–Trinajstić information content (AvgIpc) is 2.61. The number of nitrogens with zero attached hydrogens (tertiary/aromatic N) is 4. The van der Waals surface area contributed by atoms with Crippen LogP contribution in [0.3, 0.4) is 0 Å². The number of hydrogen-bond donors (Lipinski definition) is 1. The second-order valence-corrected chi connectivity index (χ2v) is 3.68. The van der Waals surface area contributed by atoms with Crippen LogP contribution in [0.5, 0.6) is 0 Å². The molecule has 64 valence electrons. The van der Waals surface area contributed by atoms with E-state index >= 15 is 0 Å². The molecule has 0 amide bonds. The van der Waals surface area contributed by atoms with Crippen LogP contribution in [-0.2, 0) is 0 Å². The molecule has 0 atom stereocenters. The van der Waals surface area contributed by atoms with E-state index in [1.807, 2.05) is 13.8 Å². The Balaban J connectivity index is 2.28. The maximum absolute atomic E-state index is 4.32. The van der Waals surface area contributed by atoms with Crippen LogP contribution in [0, 0.1) is 13.8 Å². The quantitative estimate of drug-likeness (QED) is 0.716. The van der Waals surface area contributed by atoms with Crippen LogP contribution in [0.15, 0.2) is 10.3 Å². The Morgan fingerprint density at radius 1 is 1.50 bits per heavy atom. The van der Waals surface area contributed by atoms with E-state index in [4.69, 9.17) is 0 Å². The third kappa shape index (κ3) is 1.19. The van der Waals surface area contributed by atoms with Crippen LogP contribution < -0.4 is 10.5 Å². The van der Waals surface area contributed by atoms with Crippen molar-refractivity contribution in [2.75, 3.05) is 11.8 Å². The second kappa shape index (κ2) is 2.80. The smallest absolute Gasteiger partial charge is 0.222 e. The maximum Gasteiger partial charge on any atom is 0.224 e. The van der Waals surface area contributed by atoms with E-state index in [-0.39, 0.29) is 0 Å². The molecule has 0 saturated carbocycles. The monoisotopic (exact) mass is 183 g/mol. The predicted octanol–water partition coefficient (Wildman–Crippen LogP) is 1.41. The molecule has 0 aromatic carbocycles. The number of aryl methyl sites for hydroxylation is 2.